The summed E-state index contributed by atoms with van der Waals surface area (Å²) < 4.78 is 0. The molecule has 4 nitrogen and oxygen atoms in total. The Morgan fingerprint density at radius 2 is 1.82 bits per heavy atom. The quantitative estimate of drug-likeness (QED) is 0.721. The molecule has 28 heavy (non-hydrogen) atoms. The Hall–Kier alpha value is -3.14. The van der Waals surface area contributed by atoms with Crippen molar-refractivity contribution in [2.75, 3.05) is 6.54 Å². The number of benzene rings is 2. The molecule has 144 valence electrons. The second-order valence-corrected chi connectivity index (χ2v) is 7.05. The third-order valence-corrected chi connectivity index (χ3v) is 5.13. The smallest absolute Gasteiger partial charge is 0.335 e. The zero-order valence-electron chi connectivity index (χ0n) is 16.0. The van der Waals surface area contributed by atoms with Gasteiger partial charge in [0.2, 0.25) is 5.91 Å². The van der Waals surface area contributed by atoms with Crippen LogP contribution in [0, 0.1) is 0 Å². The molecule has 1 N–H and O–H groups in total. The fourth-order valence-corrected chi connectivity index (χ4v) is 3.44. The molecular weight excluding hydrogens is 350 g/mol. The van der Waals surface area contributed by atoms with Gasteiger partial charge in [-0.15, -0.1) is 0 Å². The highest BCUT2D eigenvalue weighted by Gasteiger charge is 2.28. The van der Waals surface area contributed by atoms with Crippen LogP contribution in [0.2, 0.25) is 0 Å². The maximum Gasteiger partial charge on any atom is 0.335 e. The second kappa shape index (κ2) is 9.18. The highest BCUT2D eigenvalue weighted by atomic mass is 16.4. The van der Waals surface area contributed by atoms with Gasteiger partial charge in [-0.1, -0.05) is 60.7 Å². The number of aromatic carboxylic acids is 1. The maximum atomic E-state index is 12.3. The summed E-state index contributed by atoms with van der Waals surface area (Å²) in [5, 5.41) is 8.98. The number of rotatable bonds is 7. The summed E-state index contributed by atoms with van der Waals surface area (Å²) in [4.78, 5) is 25.1. The summed E-state index contributed by atoms with van der Waals surface area (Å²) >= 11 is 0. The summed E-state index contributed by atoms with van der Waals surface area (Å²) in [5.41, 5.74) is 3.69. The molecule has 2 aromatic rings. The first-order valence-electron chi connectivity index (χ1n) is 9.57. The van der Waals surface area contributed by atoms with E-state index in [-0.39, 0.29) is 17.5 Å². The van der Waals surface area contributed by atoms with Crippen LogP contribution in [0.4, 0.5) is 0 Å². The van der Waals surface area contributed by atoms with Gasteiger partial charge in [0.15, 0.2) is 0 Å². The van der Waals surface area contributed by atoms with Gasteiger partial charge >= 0.3 is 5.97 Å². The van der Waals surface area contributed by atoms with E-state index in [2.05, 4.69) is 31.2 Å². The van der Waals surface area contributed by atoms with E-state index in [1.165, 1.54) is 11.1 Å². The number of hydrogen-bond donors (Lipinski definition) is 1. The molecule has 1 atom stereocenters. The average Bonchev–Trinajstić information content (AvgIpc) is 3.06. The summed E-state index contributed by atoms with van der Waals surface area (Å²) in [6.07, 6.45) is 8.36. The van der Waals surface area contributed by atoms with Gasteiger partial charge in [0.05, 0.1) is 11.6 Å². The molecule has 2 aromatic carbocycles. The van der Waals surface area contributed by atoms with Gasteiger partial charge in [0.25, 0.3) is 0 Å². The van der Waals surface area contributed by atoms with Crippen molar-refractivity contribution in [1.82, 2.24) is 4.90 Å². The number of carbonyl (C=O) groups excluding carboxylic acids is 1. The lowest BCUT2D eigenvalue weighted by atomic mass is 10.1. The molecule has 0 spiro atoms. The Labute approximate surface area is 165 Å². The average molecular weight is 375 g/mol. The van der Waals surface area contributed by atoms with E-state index in [1.54, 1.807) is 12.1 Å². The fourth-order valence-electron chi connectivity index (χ4n) is 3.44. The highest BCUT2D eigenvalue weighted by Crippen LogP contribution is 2.21. The van der Waals surface area contributed by atoms with Crippen LogP contribution in [-0.2, 0) is 11.2 Å². The largest absolute Gasteiger partial charge is 0.478 e. The van der Waals surface area contributed by atoms with Crippen LogP contribution in [0.1, 0.15) is 41.3 Å². The van der Waals surface area contributed by atoms with E-state index < -0.39 is 5.97 Å². The predicted octanol–water partition coefficient (Wildman–Crippen LogP) is 4.58. The summed E-state index contributed by atoms with van der Waals surface area (Å²) in [6.45, 7) is 2.72. The molecule has 0 aromatic heterocycles. The molecular formula is C24H25NO3. The topological polar surface area (TPSA) is 57.6 Å². The maximum absolute atomic E-state index is 12.3. The summed E-state index contributed by atoms with van der Waals surface area (Å²) in [6, 6.07) is 17.2. The number of likely N-dealkylation sites (tertiary alicyclic amines) is 1. The van der Waals surface area contributed by atoms with Crippen LogP contribution in [-0.4, -0.2) is 34.5 Å². The third kappa shape index (κ3) is 4.97. The Balaban J connectivity index is 1.60. The molecule has 1 aliphatic heterocycles. The van der Waals surface area contributed by atoms with Crippen molar-refractivity contribution in [3.8, 4) is 0 Å². The molecule has 1 saturated heterocycles. The SMILES string of the molecule is C/C(=C/C=C/[C@H]1CCC(=O)N1CCc1ccc(C(=O)O)cc1)c1ccccc1. The van der Waals surface area contributed by atoms with Crippen molar-refractivity contribution in [1.29, 1.82) is 0 Å². The molecule has 1 fully saturated rings. The summed E-state index contributed by atoms with van der Waals surface area (Å²) in [7, 11) is 0. The standard InChI is InChI=1S/C24H25NO3/c1-18(20-7-3-2-4-8-20)6-5-9-22-14-15-23(26)25(22)17-16-19-10-12-21(13-11-19)24(27)28/h2-13,22H,14-17H2,1H3,(H,27,28)/b9-5+,18-6-/t22-/m0/s1. The molecule has 0 unspecified atom stereocenters. The zero-order chi connectivity index (χ0) is 19.9. The van der Waals surface area contributed by atoms with Gasteiger partial charge in [-0.05, 0) is 48.6 Å². The second-order valence-electron chi connectivity index (χ2n) is 7.05. The van der Waals surface area contributed by atoms with Crippen LogP contribution in [0.25, 0.3) is 5.57 Å². The Morgan fingerprint density at radius 3 is 2.50 bits per heavy atom. The third-order valence-electron chi connectivity index (χ3n) is 5.13. The van der Waals surface area contributed by atoms with Crippen LogP contribution >= 0.6 is 0 Å². The molecule has 0 saturated carbocycles. The zero-order valence-corrected chi connectivity index (χ0v) is 16.0. The number of allylic oxidation sites excluding steroid dienone is 3. The van der Waals surface area contributed by atoms with Gasteiger partial charge in [0, 0.05) is 13.0 Å². The van der Waals surface area contributed by atoms with Crippen LogP contribution in [0.3, 0.4) is 0 Å². The van der Waals surface area contributed by atoms with E-state index in [1.807, 2.05) is 41.3 Å². The Bertz CT molecular complexity index is 882. The Kier molecular flexibility index (Phi) is 6.43. The molecule has 3 rings (SSSR count). The lowest BCUT2D eigenvalue weighted by molar-refractivity contribution is -0.128. The molecule has 0 bridgehead atoms. The van der Waals surface area contributed by atoms with Crippen molar-refractivity contribution in [3.63, 3.8) is 0 Å². The van der Waals surface area contributed by atoms with Gasteiger partial charge in [-0.3, -0.25) is 4.79 Å². The molecule has 0 radical (unpaired) electrons. The fraction of sp³-hybridized carbons (Fsp3) is 0.250. The van der Waals surface area contributed by atoms with Crippen molar-refractivity contribution < 1.29 is 14.7 Å². The number of carboxylic acids is 1. The van der Waals surface area contributed by atoms with Crippen molar-refractivity contribution in [2.24, 2.45) is 0 Å². The monoisotopic (exact) mass is 375 g/mol. The van der Waals surface area contributed by atoms with E-state index >= 15 is 0 Å². The first kappa shape index (κ1) is 19.6. The van der Waals surface area contributed by atoms with Gasteiger partial charge in [-0.25, -0.2) is 4.79 Å². The lowest BCUT2D eigenvalue weighted by Gasteiger charge is -2.22. The van der Waals surface area contributed by atoms with E-state index in [4.69, 9.17) is 5.11 Å². The first-order chi connectivity index (χ1) is 13.5. The normalized spacial score (nSPS) is 17.5. The highest BCUT2D eigenvalue weighted by molar-refractivity contribution is 5.87. The predicted molar refractivity (Wildman–Crippen MR) is 111 cm³/mol. The molecule has 1 aliphatic rings. The first-order valence-corrected chi connectivity index (χ1v) is 9.57. The van der Waals surface area contributed by atoms with E-state index in [0.29, 0.717) is 13.0 Å². The molecule has 1 amide bonds. The van der Waals surface area contributed by atoms with Gasteiger partial charge in [-0.2, -0.15) is 0 Å². The van der Waals surface area contributed by atoms with Gasteiger partial charge in [0.1, 0.15) is 0 Å². The minimum atomic E-state index is -0.926. The number of carboxylic acid groups (broad SMARTS) is 1. The number of amides is 1. The van der Waals surface area contributed by atoms with Crippen molar-refractivity contribution in [3.05, 3.63) is 89.5 Å². The number of nitrogens with zero attached hydrogens (tertiary/aromatic N) is 1. The molecule has 0 aliphatic carbocycles. The van der Waals surface area contributed by atoms with E-state index in [9.17, 15) is 9.59 Å². The van der Waals surface area contributed by atoms with Crippen LogP contribution in [0.5, 0.6) is 0 Å². The number of carbonyl (C=O) groups is 2. The minimum absolute atomic E-state index is 0.116. The number of hydrogen-bond acceptors (Lipinski definition) is 2. The van der Waals surface area contributed by atoms with Crippen LogP contribution in [0.15, 0.2) is 72.8 Å². The van der Waals surface area contributed by atoms with Crippen molar-refractivity contribution in [2.45, 2.75) is 32.2 Å². The van der Waals surface area contributed by atoms with Gasteiger partial charge < -0.3 is 10.0 Å². The van der Waals surface area contributed by atoms with Crippen molar-refractivity contribution >= 4 is 17.4 Å². The van der Waals surface area contributed by atoms with E-state index in [0.717, 1.165) is 18.4 Å². The molecule has 4 heteroatoms. The minimum Gasteiger partial charge on any atom is -0.478 e. The summed E-state index contributed by atoms with van der Waals surface area (Å²) in [5.74, 6) is -0.745. The lowest BCUT2D eigenvalue weighted by Crippen LogP contribution is -2.33. The Morgan fingerprint density at radius 1 is 1.11 bits per heavy atom. The molecule has 1 heterocycles. The van der Waals surface area contributed by atoms with Crippen LogP contribution < -0.4 is 0 Å².